The molecular formula is C25H28N4O2. The lowest BCUT2D eigenvalue weighted by atomic mass is 10.0. The molecule has 0 bridgehead atoms. The van der Waals surface area contributed by atoms with Crippen molar-refractivity contribution in [3.63, 3.8) is 0 Å². The standard InChI is InChI=1S/C25H28N4O2/c1-17(27-15-24(31)16-30)21(14-26)13-23-9-10-25(29(23)4)20-6-5-19-12-22(28(2)3)8-7-18(19)11-20/h5-13,24,27,30-31H,1,15-16H2,2-4H3/b21-13+. The largest absolute Gasteiger partial charge is 0.394 e. The van der Waals surface area contributed by atoms with Gasteiger partial charge in [-0.3, -0.25) is 0 Å². The van der Waals surface area contributed by atoms with Gasteiger partial charge < -0.3 is 25.0 Å². The zero-order valence-electron chi connectivity index (χ0n) is 18.1. The third-order valence-corrected chi connectivity index (χ3v) is 5.30. The van der Waals surface area contributed by atoms with Crippen LogP contribution in [0.1, 0.15) is 5.69 Å². The molecule has 1 atom stereocenters. The summed E-state index contributed by atoms with van der Waals surface area (Å²) in [5.74, 6) is 0. The molecular weight excluding hydrogens is 388 g/mol. The molecule has 0 saturated heterocycles. The van der Waals surface area contributed by atoms with Gasteiger partial charge in [-0.05, 0) is 52.7 Å². The van der Waals surface area contributed by atoms with Crippen molar-refractivity contribution in [2.75, 3.05) is 32.1 Å². The third-order valence-electron chi connectivity index (χ3n) is 5.30. The fourth-order valence-corrected chi connectivity index (χ4v) is 3.37. The summed E-state index contributed by atoms with van der Waals surface area (Å²) in [4.78, 5) is 2.09. The van der Waals surface area contributed by atoms with Crippen LogP contribution < -0.4 is 10.2 Å². The van der Waals surface area contributed by atoms with Gasteiger partial charge in [0.15, 0.2) is 0 Å². The van der Waals surface area contributed by atoms with Crippen LogP contribution in [0, 0.1) is 11.3 Å². The third kappa shape index (κ3) is 4.97. The van der Waals surface area contributed by atoms with Gasteiger partial charge >= 0.3 is 0 Å². The Labute approximate surface area is 183 Å². The monoisotopic (exact) mass is 416 g/mol. The Bertz CT molecular complexity index is 1170. The predicted octanol–water partition coefficient (Wildman–Crippen LogP) is 3.27. The highest BCUT2D eigenvalue weighted by atomic mass is 16.3. The van der Waals surface area contributed by atoms with Gasteiger partial charge in [0.25, 0.3) is 0 Å². The van der Waals surface area contributed by atoms with E-state index in [-0.39, 0.29) is 13.2 Å². The maximum atomic E-state index is 9.53. The molecule has 3 N–H and O–H groups in total. The topological polar surface area (TPSA) is 84.4 Å². The minimum absolute atomic E-state index is 0.124. The van der Waals surface area contributed by atoms with Gasteiger partial charge in [-0.25, -0.2) is 0 Å². The van der Waals surface area contributed by atoms with Crippen molar-refractivity contribution in [3.05, 3.63) is 72.1 Å². The van der Waals surface area contributed by atoms with E-state index in [1.807, 2.05) is 37.8 Å². The molecule has 3 rings (SSSR count). The number of aromatic nitrogens is 1. The predicted molar refractivity (Wildman–Crippen MR) is 127 cm³/mol. The molecule has 0 aliphatic heterocycles. The van der Waals surface area contributed by atoms with E-state index >= 15 is 0 Å². The number of hydrogen-bond donors (Lipinski definition) is 3. The molecule has 0 aliphatic carbocycles. The number of fused-ring (bicyclic) bond motifs is 1. The van der Waals surface area contributed by atoms with Crippen LogP contribution in [-0.4, -0.2) is 48.1 Å². The maximum absolute atomic E-state index is 9.53. The lowest BCUT2D eigenvalue weighted by Gasteiger charge is -2.14. The summed E-state index contributed by atoms with van der Waals surface area (Å²) in [6.45, 7) is 3.64. The van der Waals surface area contributed by atoms with Crippen LogP contribution in [0.4, 0.5) is 5.69 Å². The van der Waals surface area contributed by atoms with Crippen LogP contribution in [0.25, 0.3) is 28.1 Å². The Kier molecular flexibility index (Phi) is 6.81. The normalized spacial score (nSPS) is 12.5. The zero-order valence-corrected chi connectivity index (χ0v) is 18.1. The molecule has 0 aliphatic rings. The van der Waals surface area contributed by atoms with Crippen molar-refractivity contribution in [2.24, 2.45) is 7.05 Å². The average molecular weight is 417 g/mol. The van der Waals surface area contributed by atoms with Crippen molar-refractivity contribution in [2.45, 2.75) is 6.10 Å². The molecule has 160 valence electrons. The number of allylic oxidation sites excluding steroid dienone is 1. The second-order valence-corrected chi connectivity index (χ2v) is 7.71. The molecule has 3 aromatic rings. The number of nitrogens with zero attached hydrogens (tertiary/aromatic N) is 3. The summed E-state index contributed by atoms with van der Waals surface area (Å²) in [5.41, 5.74) is 4.93. The van der Waals surface area contributed by atoms with Crippen LogP contribution in [0.15, 0.2) is 66.4 Å². The molecule has 2 aromatic carbocycles. The summed E-state index contributed by atoms with van der Waals surface area (Å²) in [6, 6.07) is 18.9. The summed E-state index contributed by atoms with van der Waals surface area (Å²) in [5, 5.41) is 33.2. The fourth-order valence-electron chi connectivity index (χ4n) is 3.37. The van der Waals surface area contributed by atoms with E-state index < -0.39 is 6.10 Å². The number of aliphatic hydroxyl groups excluding tert-OH is 2. The van der Waals surface area contributed by atoms with Gasteiger partial charge in [0.2, 0.25) is 0 Å². The number of hydrogen-bond acceptors (Lipinski definition) is 5. The molecule has 6 nitrogen and oxygen atoms in total. The molecule has 1 aromatic heterocycles. The highest BCUT2D eigenvalue weighted by molar-refractivity contribution is 5.89. The number of benzene rings is 2. The molecule has 0 radical (unpaired) electrons. The molecule has 0 amide bonds. The highest BCUT2D eigenvalue weighted by Gasteiger charge is 2.10. The van der Waals surface area contributed by atoms with Gasteiger partial charge in [0, 0.05) is 50.5 Å². The van der Waals surface area contributed by atoms with E-state index in [0.29, 0.717) is 11.3 Å². The highest BCUT2D eigenvalue weighted by Crippen LogP contribution is 2.28. The SMILES string of the molecule is C=C(NCC(O)CO)/C(C#N)=C/c1ccc(-c2ccc3cc(N(C)C)ccc3c2)n1C. The molecule has 6 heteroatoms. The second kappa shape index (κ2) is 9.52. The molecule has 0 fully saturated rings. The number of nitrogens with one attached hydrogen (secondary N) is 1. The Morgan fingerprint density at radius 1 is 1.19 bits per heavy atom. The van der Waals surface area contributed by atoms with Crippen LogP contribution in [-0.2, 0) is 7.05 Å². The maximum Gasteiger partial charge on any atom is 0.101 e. The zero-order chi connectivity index (χ0) is 22.5. The summed E-state index contributed by atoms with van der Waals surface area (Å²) < 4.78 is 2.03. The Morgan fingerprint density at radius 3 is 2.58 bits per heavy atom. The lowest BCUT2D eigenvalue weighted by molar-refractivity contribution is 0.0967. The summed E-state index contributed by atoms with van der Waals surface area (Å²) in [6.07, 6.45) is 0.856. The van der Waals surface area contributed by atoms with Gasteiger partial charge in [-0.2, -0.15) is 5.26 Å². The van der Waals surface area contributed by atoms with E-state index in [1.54, 1.807) is 6.08 Å². The summed E-state index contributed by atoms with van der Waals surface area (Å²) in [7, 11) is 6.02. The van der Waals surface area contributed by atoms with Crippen LogP contribution >= 0.6 is 0 Å². The van der Waals surface area contributed by atoms with E-state index in [2.05, 4.69) is 59.3 Å². The first kappa shape index (κ1) is 22.2. The molecule has 0 spiro atoms. The van der Waals surface area contributed by atoms with Crippen molar-refractivity contribution in [3.8, 4) is 17.3 Å². The first-order valence-electron chi connectivity index (χ1n) is 10.0. The lowest BCUT2D eigenvalue weighted by Crippen LogP contribution is -2.29. The van der Waals surface area contributed by atoms with Crippen molar-refractivity contribution in [1.82, 2.24) is 9.88 Å². The number of aliphatic hydroxyl groups is 2. The molecule has 1 heterocycles. The number of nitriles is 1. The molecule has 0 saturated carbocycles. The van der Waals surface area contributed by atoms with E-state index in [0.717, 1.165) is 22.6 Å². The van der Waals surface area contributed by atoms with Crippen molar-refractivity contribution in [1.29, 1.82) is 5.26 Å². The van der Waals surface area contributed by atoms with E-state index in [1.165, 1.54) is 10.8 Å². The smallest absolute Gasteiger partial charge is 0.101 e. The average Bonchev–Trinajstić information content (AvgIpc) is 3.14. The quantitative estimate of drug-likeness (QED) is 0.388. The number of anilines is 1. The number of rotatable bonds is 8. The second-order valence-electron chi connectivity index (χ2n) is 7.71. The van der Waals surface area contributed by atoms with Crippen LogP contribution in [0.3, 0.4) is 0 Å². The first-order valence-corrected chi connectivity index (χ1v) is 10.0. The van der Waals surface area contributed by atoms with Gasteiger partial charge in [0.1, 0.15) is 6.07 Å². The van der Waals surface area contributed by atoms with Gasteiger partial charge in [-0.15, -0.1) is 0 Å². The first-order chi connectivity index (χ1) is 14.8. The van der Waals surface area contributed by atoms with Gasteiger partial charge in [0.05, 0.1) is 18.3 Å². The van der Waals surface area contributed by atoms with Crippen LogP contribution in [0.5, 0.6) is 0 Å². The summed E-state index contributed by atoms with van der Waals surface area (Å²) >= 11 is 0. The van der Waals surface area contributed by atoms with Crippen molar-refractivity contribution < 1.29 is 10.2 Å². The fraction of sp³-hybridized carbons (Fsp3) is 0.240. The van der Waals surface area contributed by atoms with Crippen molar-refractivity contribution >= 4 is 22.5 Å². The van der Waals surface area contributed by atoms with Crippen LogP contribution in [0.2, 0.25) is 0 Å². The Balaban J connectivity index is 1.88. The van der Waals surface area contributed by atoms with E-state index in [9.17, 15) is 10.4 Å². The van der Waals surface area contributed by atoms with E-state index in [4.69, 9.17) is 5.11 Å². The minimum Gasteiger partial charge on any atom is -0.394 e. The Hall–Kier alpha value is -3.53. The minimum atomic E-state index is -0.903. The molecule has 31 heavy (non-hydrogen) atoms. The van der Waals surface area contributed by atoms with Gasteiger partial charge in [-0.1, -0.05) is 24.8 Å². The molecule has 1 unspecified atom stereocenters. The Morgan fingerprint density at radius 2 is 1.90 bits per heavy atom.